The van der Waals surface area contributed by atoms with Gasteiger partial charge in [0.1, 0.15) is 5.75 Å². The van der Waals surface area contributed by atoms with Gasteiger partial charge in [-0.15, -0.1) is 0 Å². The van der Waals surface area contributed by atoms with Crippen LogP contribution in [0.5, 0.6) is 5.75 Å². The summed E-state index contributed by atoms with van der Waals surface area (Å²) >= 11 is 0. The molecule has 0 saturated heterocycles. The van der Waals surface area contributed by atoms with Gasteiger partial charge in [-0.3, -0.25) is 14.5 Å². The van der Waals surface area contributed by atoms with Crippen LogP contribution in [0.15, 0.2) is 24.3 Å². The van der Waals surface area contributed by atoms with Gasteiger partial charge in [-0.1, -0.05) is 6.92 Å². The van der Waals surface area contributed by atoms with E-state index in [1.54, 1.807) is 36.3 Å². The van der Waals surface area contributed by atoms with Crippen LogP contribution in [0.4, 0.5) is 5.69 Å². The third kappa shape index (κ3) is 5.83. The van der Waals surface area contributed by atoms with Crippen LogP contribution in [0.2, 0.25) is 0 Å². The Labute approximate surface area is 124 Å². The van der Waals surface area contributed by atoms with Crippen molar-refractivity contribution in [1.82, 2.24) is 4.90 Å². The van der Waals surface area contributed by atoms with Gasteiger partial charge in [0.05, 0.1) is 20.2 Å². The van der Waals surface area contributed by atoms with Gasteiger partial charge < -0.3 is 15.2 Å². The number of carboxylic acid groups (broad SMARTS) is 1. The summed E-state index contributed by atoms with van der Waals surface area (Å²) in [5.41, 5.74) is 0.653. The van der Waals surface area contributed by atoms with Crippen LogP contribution in [-0.4, -0.2) is 48.1 Å². The quantitative estimate of drug-likeness (QED) is 0.764. The Hall–Kier alpha value is -2.08. The van der Waals surface area contributed by atoms with Crippen molar-refractivity contribution in [3.63, 3.8) is 0 Å². The van der Waals surface area contributed by atoms with Gasteiger partial charge in [-0.25, -0.2) is 0 Å². The molecular formula is C15H22N2O4. The van der Waals surface area contributed by atoms with Crippen LogP contribution in [0.1, 0.15) is 20.3 Å². The van der Waals surface area contributed by atoms with Crippen LogP contribution in [-0.2, 0) is 9.59 Å². The lowest BCUT2D eigenvalue weighted by atomic mass is 10.2. The number of ether oxygens (including phenoxy) is 1. The first-order valence-electron chi connectivity index (χ1n) is 6.86. The van der Waals surface area contributed by atoms with Crippen molar-refractivity contribution in [2.75, 3.05) is 25.5 Å². The average molecular weight is 294 g/mol. The largest absolute Gasteiger partial charge is 0.497 e. The Morgan fingerprint density at radius 2 is 1.90 bits per heavy atom. The molecule has 1 atom stereocenters. The molecule has 1 aromatic rings. The summed E-state index contributed by atoms with van der Waals surface area (Å²) in [4.78, 5) is 24.5. The van der Waals surface area contributed by atoms with Crippen molar-refractivity contribution in [3.8, 4) is 5.75 Å². The van der Waals surface area contributed by atoms with Crippen molar-refractivity contribution >= 4 is 17.6 Å². The van der Waals surface area contributed by atoms with Crippen LogP contribution in [0.25, 0.3) is 0 Å². The number of methoxy groups -OCH3 is 1. The second-order valence-electron chi connectivity index (χ2n) is 4.83. The predicted molar refractivity (Wildman–Crippen MR) is 80.6 cm³/mol. The molecule has 6 nitrogen and oxygen atoms in total. The molecule has 1 aromatic carbocycles. The third-order valence-corrected chi connectivity index (χ3v) is 3.27. The molecule has 0 aliphatic heterocycles. The average Bonchev–Trinajstić information content (AvgIpc) is 2.46. The number of anilines is 1. The van der Waals surface area contributed by atoms with Crippen LogP contribution < -0.4 is 10.1 Å². The minimum absolute atomic E-state index is 0.0303. The van der Waals surface area contributed by atoms with E-state index < -0.39 is 5.97 Å². The first-order valence-corrected chi connectivity index (χ1v) is 6.86. The van der Waals surface area contributed by atoms with E-state index in [1.165, 1.54) is 0 Å². The topological polar surface area (TPSA) is 78.9 Å². The number of nitrogens with zero attached hydrogens (tertiary/aromatic N) is 1. The van der Waals surface area contributed by atoms with Gasteiger partial charge in [0.25, 0.3) is 0 Å². The molecule has 116 valence electrons. The van der Waals surface area contributed by atoms with Gasteiger partial charge in [0, 0.05) is 11.7 Å². The van der Waals surface area contributed by atoms with E-state index in [0.29, 0.717) is 11.4 Å². The lowest BCUT2D eigenvalue weighted by molar-refractivity contribution is -0.139. The summed E-state index contributed by atoms with van der Waals surface area (Å²) in [6, 6.07) is 7.00. The molecule has 1 rings (SSSR count). The second kappa shape index (κ2) is 8.26. The predicted octanol–water partition coefficient (Wildman–Crippen LogP) is 1.82. The third-order valence-electron chi connectivity index (χ3n) is 3.27. The molecule has 6 heteroatoms. The van der Waals surface area contributed by atoms with Crippen molar-refractivity contribution in [3.05, 3.63) is 24.3 Å². The molecule has 0 heterocycles. The van der Waals surface area contributed by atoms with E-state index in [1.807, 2.05) is 13.8 Å². The number of amides is 1. The standard InChI is InChI=1S/C15H22N2O4/c1-4-11(2)17(10-15(19)20)9-14(18)16-12-5-7-13(21-3)8-6-12/h5-8,11H,4,9-10H2,1-3H3,(H,16,18)(H,19,20). The molecule has 2 N–H and O–H groups in total. The monoisotopic (exact) mass is 294 g/mol. The van der Waals surface area contributed by atoms with Gasteiger partial charge in [0.2, 0.25) is 5.91 Å². The van der Waals surface area contributed by atoms with Crippen LogP contribution in [0, 0.1) is 0 Å². The molecule has 0 fully saturated rings. The number of carbonyl (C=O) groups is 2. The van der Waals surface area contributed by atoms with E-state index in [-0.39, 0.29) is 25.0 Å². The zero-order valence-electron chi connectivity index (χ0n) is 12.6. The fraction of sp³-hybridized carbons (Fsp3) is 0.467. The van der Waals surface area contributed by atoms with Gasteiger partial charge in [-0.05, 0) is 37.6 Å². The number of nitrogens with one attached hydrogen (secondary N) is 1. The maximum absolute atomic E-state index is 12.0. The number of hydrogen-bond donors (Lipinski definition) is 2. The Kier molecular flexibility index (Phi) is 6.68. The molecule has 0 saturated carbocycles. The summed E-state index contributed by atoms with van der Waals surface area (Å²) in [5.74, 6) is -0.464. The molecule has 0 bridgehead atoms. The number of carboxylic acids is 1. The first-order chi connectivity index (χ1) is 9.96. The molecule has 1 unspecified atom stereocenters. The molecule has 0 aliphatic carbocycles. The lowest BCUT2D eigenvalue weighted by Gasteiger charge is -2.25. The Morgan fingerprint density at radius 3 is 2.38 bits per heavy atom. The SMILES string of the molecule is CCC(C)N(CC(=O)O)CC(=O)Nc1ccc(OC)cc1. The molecule has 21 heavy (non-hydrogen) atoms. The highest BCUT2D eigenvalue weighted by molar-refractivity contribution is 5.92. The van der Waals surface area contributed by atoms with Gasteiger partial charge in [-0.2, -0.15) is 0 Å². The second-order valence-corrected chi connectivity index (χ2v) is 4.83. The van der Waals surface area contributed by atoms with Crippen molar-refractivity contribution in [2.45, 2.75) is 26.3 Å². The zero-order valence-corrected chi connectivity index (χ0v) is 12.6. The van der Waals surface area contributed by atoms with Crippen LogP contribution in [0.3, 0.4) is 0 Å². The normalized spacial score (nSPS) is 12.0. The van der Waals surface area contributed by atoms with Gasteiger partial charge in [0.15, 0.2) is 0 Å². The van der Waals surface area contributed by atoms with Crippen molar-refractivity contribution < 1.29 is 19.4 Å². The Morgan fingerprint density at radius 1 is 1.29 bits per heavy atom. The van der Waals surface area contributed by atoms with E-state index in [2.05, 4.69) is 5.32 Å². The number of rotatable bonds is 8. The fourth-order valence-electron chi connectivity index (χ4n) is 1.86. The number of benzene rings is 1. The summed E-state index contributed by atoms with van der Waals surface area (Å²) in [7, 11) is 1.57. The van der Waals surface area contributed by atoms with Crippen LogP contribution >= 0.6 is 0 Å². The van der Waals surface area contributed by atoms with Crippen molar-refractivity contribution in [2.24, 2.45) is 0 Å². The highest BCUT2D eigenvalue weighted by Gasteiger charge is 2.18. The number of aliphatic carboxylic acids is 1. The molecule has 0 aliphatic rings. The maximum Gasteiger partial charge on any atom is 0.317 e. The molecule has 0 spiro atoms. The van der Waals surface area contributed by atoms with Crippen molar-refractivity contribution in [1.29, 1.82) is 0 Å². The smallest absolute Gasteiger partial charge is 0.317 e. The molecule has 0 aromatic heterocycles. The summed E-state index contributed by atoms with van der Waals surface area (Å²) in [6.45, 7) is 3.77. The van der Waals surface area contributed by atoms with E-state index in [0.717, 1.165) is 6.42 Å². The summed E-state index contributed by atoms with van der Waals surface area (Å²) in [5, 5.41) is 11.6. The fourth-order valence-corrected chi connectivity index (χ4v) is 1.86. The summed E-state index contributed by atoms with van der Waals surface area (Å²) in [6.07, 6.45) is 0.781. The number of carbonyl (C=O) groups excluding carboxylic acids is 1. The minimum Gasteiger partial charge on any atom is -0.497 e. The minimum atomic E-state index is -0.937. The maximum atomic E-state index is 12.0. The first kappa shape index (κ1) is 17.0. The Bertz CT molecular complexity index is 473. The highest BCUT2D eigenvalue weighted by Crippen LogP contribution is 2.15. The lowest BCUT2D eigenvalue weighted by Crippen LogP contribution is -2.42. The highest BCUT2D eigenvalue weighted by atomic mass is 16.5. The summed E-state index contributed by atoms with van der Waals surface area (Å²) < 4.78 is 5.04. The zero-order chi connectivity index (χ0) is 15.8. The van der Waals surface area contributed by atoms with Gasteiger partial charge >= 0.3 is 5.97 Å². The Balaban J connectivity index is 2.61. The van der Waals surface area contributed by atoms with E-state index >= 15 is 0 Å². The van der Waals surface area contributed by atoms with E-state index in [9.17, 15) is 9.59 Å². The molecular weight excluding hydrogens is 272 g/mol. The number of hydrogen-bond acceptors (Lipinski definition) is 4. The van der Waals surface area contributed by atoms with E-state index in [4.69, 9.17) is 9.84 Å². The molecule has 0 radical (unpaired) electrons. The molecule has 1 amide bonds.